The largest absolute Gasteiger partial charge is 0.508 e. The molecule has 2 aromatic carbocycles. The Hall–Kier alpha value is -3.76. The molecule has 2 aliphatic carbocycles. The Morgan fingerprint density at radius 2 is 1.71 bits per heavy atom. The molecule has 6 atom stereocenters. The minimum Gasteiger partial charge on any atom is -0.508 e. The Morgan fingerprint density at radius 1 is 1.00 bits per heavy atom. The molecule has 12 heteroatoms. The molecule has 4 aliphatic rings. The van der Waals surface area contributed by atoms with E-state index in [0.29, 0.717) is 11.1 Å². The maximum absolute atomic E-state index is 14.2. The summed E-state index contributed by atoms with van der Waals surface area (Å²) in [5, 5.41) is 19.4. The number of carboxylic acid groups (broad SMARTS) is 1. The van der Waals surface area contributed by atoms with Crippen molar-refractivity contribution in [2.75, 3.05) is 11.4 Å². The first-order valence-electron chi connectivity index (χ1n) is 13.5. The van der Waals surface area contributed by atoms with Crippen molar-refractivity contribution in [2.24, 2.45) is 17.8 Å². The fraction of sp³-hybridized carbons (Fsp3) is 0.367. The summed E-state index contributed by atoms with van der Waals surface area (Å²) in [6.45, 7) is -0.0593. The van der Waals surface area contributed by atoms with Crippen molar-refractivity contribution in [3.05, 3.63) is 71.6 Å². The lowest BCUT2D eigenvalue weighted by Crippen LogP contribution is -2.60. The number of carbonyl (C=O) groups is 5. The van der Waals surface area contributed by atoms with E-state index in [1.807, 2.05) is 0 Å². The number of carboxylic acids is 1. The number of imide groups is 2. The highest BCUT2D eigenvalue weighted by Gasteiger charge is 2.76. The third-order valence-electron chi connectivity index (χ3n) is 8.96. The van der Waals surface area contributed by atoms with Gasteiger partial charge in [0.1, 0.15) is 11.6 Å². The molecule has 0 radical (unpaired) electrons. The number of phenols is 1. The van der Waals surface area contributed by atoms with Crippen LogP contribution in [-0.2, 0) is 24.0 Å². The molecule has 2 saturated heterocycles. The molecule has 2 heterocycles. The smallest absolute Gasteiger partial charge is 0.303 e. The lowest BCUT2D eigenvalue weighted by Gasteiger charge is -2.50. The molecule has 0 aromatic heterocycles. The number of benzene rings is 2. The summed E-state index contributed by atoms with van der Waals surface area (Å²) in [4.78, 5) is 64.1. The molecule has 6 unspecified atom stereocenters. The summed E-state index contributed by atoms with van der Waals surface area (Å²) < 4.78 is 13.7. The van der Waals surface area contributed by atoms with Gasteiger partial charge in [-0.15, -0.1) is 23.2 Å². The number of fused-ring (bicyclic) bond motifs is 4. The van der Waals surface area contributed by atoms with Crippen LogP contribution in [0.3, 0.4) is 0 Å². The van der Waals surface area contributed by atoms with Gasteiger partial charge in [-0.2, -0.15) is 0 Å². The maximum atomic E-state index is 14.2. The average Bonchev–Trinajstić information content (AvgIpc) is 3.27. The molecular weight excluding hydrogens is 590 g/mol. The van der Waals surface area contributed by atoms with E-state index in [2.05, 4.69) is 0 Å². The first-order valence-corrected chi connectivity index (χ1v) is 14.2. The molecule has 1 saturated carbocycles. The van der Waals surface area contributed by atoms with Crippen molar-refractivity contribution in [2.45, 2.75) is 41.3 Å². The second-order valence-electron chi connectivity index (χ2n) is 11.2. The van der Waals surface area contributed by atoms with Crippen molar-refractivity contribution >= 4 is 58.5 Å². The van der Waals surface area contributed by atoms with E-state index >= 15 is 0 Å². The van der Waals surface area contributed by atoms with Crippen LogP contribution in [0, 0.1) is 23.6 Å². The zero-order chi connectivity index (χ0) is 30.1. The van der Waals surface area contributed by atoms with E-state index in [-0.39, 0.29) is 43.7 Å². The Labute approximate surface area is 249 Å². The van der Waals surface area contributed by atoms with Crippen molar-refractivity contribution in [3.63, 3.8) is 0 Å². The second-order valence-corrected chi connectivity index (χ2v) is 12.4. The number of amides is 4. The van der Waals surface area contributed by atoms with E-state index in [1.165, 1.54) is 24.3 Å². The second kappa shape index (κ2) is 9.91. The van der Waals surface area contributed by atoms with Gasteiger partial charge in [0.2, 0.25) is 11.8 Å². The number of aromatic hydroxyl groups is 1. The standard InChI is InChI=1S/C30H25Cl2FN2O7/c31-29-14-21-19(10-11-20-23(21)26(40)34(25(20)39)12-2-5-22(37)38)24(15-3-1-4-18(36)13-15)30(29,32)28(42)35(27(29)41)17-8-6-16(33)7-9-17/h1,3-4,6-10,13,20-21,23-24,36H,2,5,11-12,14H2,(H,37,38). The molecule has 2 aliphatic heterocycles. The highest BCUT2D eigenvalue weighted by molar-refractivity contribution is 6.58. The zero-order valence-corrected chi connectivity index (χ0v) is 23.5. The van der Waals surface area contributed by atoms with Crippen molar-refractivity contribution in [3.8, 4) is 5.75 Å². The van der Waals surface area contributed by atoms with E-state index in [4.69, 9.17) is 28.3 Å². The van der Waals surface area contributed by atoms with E-state index in [0.717, 1.165) is 21.9 Å². The number of hydrogen-bond acceptors (Lipinski definition) is 6. The zero-order valence-electron chi connectivity index (χ0n) is 22.0. The monoisotopic (exact) mass is 614 g/mol. The van der Waals surface area contributed by atoms with Crippen LogP contribution >= 0.6 is 23.2 Å². The Kier molecular flexibility index (Phi) is 6.69. The quantitative estimate of drug-likeness (QED) is 0.286. The average molecular weight is 615 g/mol. The van der Waals surface area contributed by atoms with Crippen LogP contribution in [0.25, 0.3) is 0 Å². The molecular formula is C30H25Cl2FN2O7. The molecule has 42 heavy (non-hydrogen) atoms. The minimum atomic E-state index is -2.09. The summed E-state index contributed by atoms with van der Waals surface area (Å²) in [6.07, 6.45) is 1.58. The predicted molar refractivity (Wildman–Crippen MR) is 148 cm³/mol. The Balaban J connectivity index is 1.47. The van der Waals surface area contributed by atoms with Crippen molar-refractivity contribution in [1.82, 2.24) is 4.90 Å². The van der Waals surface area contributed by atoms with Gasteiger partial charge in [-0.3, -0.25) is 28.9 Å². The lowest BCUT2D eigenvalue weighted by molar-refractivity contribution is -0.142. The lowest BCUT2D eigenvalue weighted by atomic mass is 9.56. The van der Waals surface area contributed by atoms with Crippen LogP contribution in [0.2, 0.25) is 0 Å². The maximum Gasteiger partial charge on any atom is 0.303 e. The molecule has 2 aromatic rings. The van der Waals surface area contributed by atoms with Gasteiger partial charge in [0, 0.05) is 18.9 Å². The predicted octanol–water partition coefficient (Wildman–Crippen LogP) is 3.96. The van der Waals surface area contributed by atoms with Gasteiger partial charge in [0.25, 0.3) is 11.8 Å². The van der Waals surface area contributed by atoms with E-state index in [9.17, 15) is 33.5 Å². The molecule has 218 valence electrons. The number of halogens is 3. The minimum absolute atomic E-state index is 0.0593. The number of rotatable bonds is 6. The Bertz CT molecular complexity index is 1580. The normalized spacial score (nSPS) is 32.0. The van der Waals surface area contributed by atoms with Crippen LogP contribution in [0.1, 0.15) is 37.2 Å². The van der Waals surface area contributed by atoms with Crippen molar-refractivity contribution in [1.29, 1.82) is 0 Å². The number of anilines is 1. The third kappa shape index (κ3) is 3.91. The molecule has 9 nitrogen and oxygen atoms in total. The summed E-state index contributed by atoms with van der Waals surface area (Å²) in [7, 11) is 0. The number of likely N-dealkylation sites (tertiary alicyclic amines) is 1. The van der Waals surface area contributed by atoms with E-state index in [1.54, 1.807) is 18.2 Å². The van der Waals surface area contributed by atoms with Crippen LogP contribution < -0.4 is 4.90 Å². The molecule has 2 N–H and O–H groups in total. The number of allylic oxidation sites excluding steroid dienone is 2. The molecule has 6 rings (SSSR count). The fourth-order valence-corrected chi connectivity index (χ4v) is 8.09. The number of hydrogen-bond donors (Lipinski definition) is 2. The van der Waals surface area contributed by atoms with Gasteiger partial charge >= 0.3 is 5.97 Å². The SMILES string of the molecule is O=C(O)CCCN1C(=O)C2CC=C3C(CC4(Cl)C(=O)N(c5ccc(F)cc5)C(=O)C4(Cl)C3c3cccc(O)c3)C2C1=O. The van der Waals surface area contributed by atoms with Gasteiger partial charge in [0.05, 0.1) is 17.5 Å². The number of alkyl halides is 2. The summed E-state index contributed by atoms with van der Waals surface area (Å²) in [5.74, 6) is -7.78. The number of phenolic OH excluding ortho intramolecular Hbond substituents is 1. The topological polar surface area (TPSA) is 132 Å². The van der Waals surface area contributed by atoms with Crippen molar-refractivity contribution < 1.29 is 38.6 Å². The third-order valence-corrected chi connectivity index (χ3v) is 10.4. The van der Waals surface area contributed by atoms with Gasteiger partial charge in [-0.05, 0) is 67.1 Å². The first-order chi connectivity index (χ1) is 19.9. The van der Waals surface area contributed by atoms with Gasteiger partial charge < -0.3 is 10.2 Å². The van der Waals surface area contributed by atoms with Crippen LogP contribution in [0.4, 0.5) is 10.1 Å². The fourth-order valence-electron chi connectivity index (χ4n) is 7.15. The summed E-state index contributed by atoms with van der Waals surface area (Å²) >= 11 is 14.5. The molecule has 0 bridgehead atoms. The first kappa shape index (κ1) is 28.4. The highest BCUT2D eigenvalue weighted by Crippen LogP contribution is 2.65. The van der Waals surface area contributed by atoms with Crippen LogP contribution in [0.5, 0.6) is 5.75 Å². The van der Waals surface area contributed by atoms with Gasteiger partial charge in [0.15, 0.2) is 9.75 Å². The number of carbonyl (C=O) groups excluding carboxylic acids is 4. The summed E-state index contributed by atoms with van der Waals surface area (Å²) in [5.41, 5.74) is 1.02. The molecule has 0 spiro atoms. The number of aliphatic carboxylic acids is 1. The molecule has 3 fully saturated rings. The van der Waals surface area contributed by atoms with E-state index < -0.39 is 68.8 Å². The van der Waals surface area contributed by atoms with Crippen LogP contribution in [0.15, 0.2) is 60.2 Å². The summed E-state index contributed by atoms with van der Waals surface area (Å²) in [6, 6.07) is 10.8. The highest BCUT2D eigenvalue weighted by atomic mass is 35.5. The van der Waals surface area contributed by atoms with Gasteiger partial charge in [-0.25, -0.2) is 9.29 Å². The van der Waals surface area contributed by atoms with Gasteiger partial charge in [-0.1, -0.05) is 23.8 Å². The molecule has 4 amide bonds. The Morgan fingerprint density at radius 3 is 2.38 bits per heavy atom. The number of nitrogens with zero attached hydrogens (tertiary/aromatic N) is 2. The van der Waals surface area contributed by atoms with Crippen LogP contribution in [-0.4, -0.2) is 61.0 Å².